The molecule has 2 heterocycles. The number of hydrogen-bond donors (Lipinski definition) is 1. The number of thiocarbonyl (C=S) groups is 1. The molecule has 3 nitrogen and oxygen atoms in total. The molecular formula is C17H24N2OS. The van der Waals surface area contributed by atoms with Gasteiger partial charge < -0.3 is 15.0 Å². The Morgan fingerprint density at radius 2 is 2.10 bits per heavy atom. The molecular weight excluding hydrogens is 280 g/mol. The van der Waals surface area contributed by atoms with Crippen molar-refractivity contribution in [3.05, 3.63) is 29.3 Å². The van der Waals surface area contributed by atoms with Crippen LogP contribution < -0.4 is 10.1 Å². The summed E-state index contributed by atoms with van der Waals surface area (Å²) >= 11 is 5.47. The van der Waals surface area contributed by atoms with E-state index in [1.54, 1.807) is 7.11 Å². The molecule has 1 aromatic rings. The Morgan fingerprint density at radius 1 is 1.33 bits per heavy atom. The van der Waals surface area contributed by atoms with E-state index in [1.165, 1.54) is 43.6 Å². The minimum absolute atomic E-state index is 0.120. The molecule has 1 fully saturated rings. The zero-order valence-corrected chi connectivity index (χ0v) is 13.8. The van der Waals surface area contributed by atoms with E-state index in [0.717, 1.165) is 23.7 Å². The number of fused-ring (bicyclic) bond motifs is 1. The fourth-order valence-corrected chi connectivity index (χ4v) is 3.70. The maximum absolute atomic E-state index is 5.47. The molecule has 1 aromatic carbocycles. The second-order valence-electron chi connectivity index (χ2n) is 6.45. The summed E-state index contributed by atoms with van der Waals surface area (Å²) < 4.78 is 5.41. The zero-order valence-electron chi connectivity index (χ0n) is 12.9. The zero-order chi connectivity index (χ0) is 14.9. The smallest absolute Gasteiger partial charge is 0.119 e. The third-order valence-corrected chi connectivity index (χ3v) is 5.30. The molecule has 4 heteroatoms. The number of methoxy groups -OCH3 is 1. The predicted molar refractivity (Wildman–Crippen MR) is 90.3 cm³/mol. The van der Waals surface area contributed by atoms with Crippen LogP contribution in [0.25, 0.3) is 0 Å². The number of likely N-dealkylation sites (tertiary alicyclic amines) is 1. The number of ether oxygens (including phenoxy) is 1. The minimum Gasteiger partial charge on any atom is -0.497 e. The molecule has 0 saturated carbocycles. The van der Waals surface area contributed by atoms with Crippen molar-refractivity contribution in [2.24, 2.45) is 0 Å². The van der Waals surface area contributed by atoms with Crippen LogP contribution in [0.5, 0.6) is 5.75 Å². The highest BCUT2D eigenvalue weighted by atomic mass is 32.1. The van der Waals surface area contributed by atoms with Crippen molar-refractivity contribution in [1.29, 1.82) is 0 Å². The monoisotopic (exact) mass is 304 g/mol. The summed E-state index contributed by atoms with van der Waals surface area (Å²) in [6.07, 6.45) is 3.86. The van der Waals surface area contributed by atoms with Gasteiger partial charge in [-0.05, 0) is 62.7 Å². The number of nitrogens with zero attached hydrogens (tertiary/aromatic N) is 1. The molecule has 2 aliphatic rings. The lowest BCUT2D eigenvalue weighted by molar-refractivity contribution is 0.284. The Bertz CT molecular complexity index is 540. The SMILES string of the molecule is COc1ccc2c(c1)C(C)(CCN1CCCC1)CNC2=S. The van der Waals surface area contributed by atoms with Crippen LogP contribution >= 0.6 is 12.2 Å². The van der Waals surface area contributed by atoms with E-state index >= 15 is 0 Å². The lowest BCUT2D eigenvalue weighted by Gasteiger charge is -2.38. The molecule has 1 N–H and O–H groups in total. The van der Waals surface area contributed by atoms with Crippen LogP contribution in [0, 0.1) is 0 Å². The molecule has 0 amide bonds. The van der Waals surface area contributed by atoms with Crippen LogP contribution in [-0.4, -0.2) is 43.2 Å². The molecule has 3 rings (SSSR count). The van der Waals surface area contributed by atoms with Gasteiger partial charge in [-0.1, -0.05) is 19.1 Å². The van der Waals surface area contributed by atoms with E-state index in [1.807, 2.05) is 6.07 Å². The molecule has 1 atom stereocenters. The van der Waals surface area contributed by atoms with E-state index in [2.05, 4.69) is 29.3 Å². The summed E-state index contributed by atoms with van der Waals surface area (Å²) in [6, 6.07) is 6.27. The highest BCUT2D eigenvalue weighted by molar-refractivity contribution is 7.80. The van der Waals surface area contributed by atoms with E-state index in [4.69, 9.17) is 17.0 Å². The van der Waals surface area contributed by atoms with Crippen molar-refractivity contribution in [2.45, 2.75) is 31.6 Å². The van der Waals surface area contributed by atoms with Gasteiger partial charge in [0.1, 0.15) is 10.7 Å². The van der Waals surface area contributed by atoms with Gasteiger partial charge >= 0.3 is 0 Å². The van der Waals surface area contributed by atoms with E-state index < -0.39 is 0 Å². The van der Waals surface area contributed by atoms with Crippen molar-refractivity contribution < 1.29 is 4.74 Å². The van der Waals surface area contributed by atoms with Crippen molar-refractivity contribution in [1.82, 2.24) is 10.2 Å². The minimum atomic E-state index is 0.120. The standard InChI is InChI=1S/C17H24N2OS/c1-17(7-10-19-8-3-4-9-19)12-18-16(21)14-6-5-13(20-2)11-15(14)17/h5-6,11H,3-4,7-10,12H2,1-2H3,(H,18,21). The van der Waals surface area contributed by atoms with E-state index in [9.17, 15) is 0 Å². The Labute approximate surface area is 132 Å². The van der Waals surface area contributed by atoms with Crippen molar-refractivity contribution in [3.63, 3.8) is 0 Å². The molecule has 0 spiro atoms. The number of hydrogen-bond acceptors (Lipinski definition) is 3. The van der Waals surface area contributed by atoms with Crippen LogP contribution in [0.4, 0.5) is 0 Å². The fourth-order valence-electron chi connectivity index (χ4n) is 3.45. The lowest BCUT2D eigenvalue weighted by Crippen LogP contribution is -2.46. The maximum atomic E-state index is 5.47. The Balaban J connectivity index is 1.85. The van der Waals surface area contributed by atoms with Gasteiger partial charge in [-0.3, -0.25) is 0 Å². The van der Waals surface area contributed by atoms with Gasteiger partial charge in [0.05, 0.1) is 7.11 Å². The number of benzene rings is 1. The molecule has 0 radical (unpaired) electrons. The van der Waals surface area contributed by atoms with Crippen molar-refractivity contribution >= 4 is 17.2 Å². The summed E-state index contributed by atoms with van der Waals surface area (Å²) in [5.41, 5.74) is 2.63. The molecule has 2 aliphatic heterocycles. The lowest BCUT2D eigenvalue weighted by atomic mass is 9.74. The van der Waals surface area contributed by atoms with Gasteiger partial charge in [-0.15, -0.1) is 0 Å². The summed E-state index contributed by atoms with van der Waals surface area (Å²) in [5.74, 6) is 0.922. The van der Waals surface area contributed by atoms with Crippen LogP contribution in [0.1, 0.15) is 37.3 Å². The largest absolute Gasteiger partial charge is 0.497 e. The molecule has 114 valence electrons. The Morgan fingerprint density at radius 3 is 2.81 bits per heavy atom. The number of rotatable bonds is 4. The maximum Gasteiger partial charge on any atom is 0.119 e. The summed E-state index contributed by atoms with van der Waals surface area (Å²) in [4.78, 5) is 3.45. The molecule has 0 bridgehead atoms. The van der Waals surface area contributed by atoms with Gasteiger partial charge in [0.2, 0.25) is 0 Å². The predicted octanol–water partition coefficient (Wildman–Crippen LogP) is 2.72. The third-order valence-electron chi connectivity index (χ3n) is 4.94. The van der Waals surface area contributed by atoms with Gasteiger partial charge in [0.25, 0.3) is 0 Å². The van der Waals surface area contributed by atoms with Gasteiger partial charge in [0, 0.05) is 17.5 Å². The van der Waals surface area contributed by atoms with Gasteiger partial charge in [-0.2, -0.15) is 0 Å². The van der Waals surface area contributed by atoms with Crippen molar-refractivity contribution in [3.8, 4) is 5.75 Å². The van der Waals surface area contributed by atoms with Crippen molar-refractivity contribution in [2.75, 3.05) is 33.3 Å². The third kappa shape index (κ3) is 2.92. The van der Waals surface area contributed by atoms with Crippen LogP contribution in [0.15, 0.2) is 18.2 Å². The molecule has 21 heavy (non-hydrogen) atoms. The summed E-state index contributed by atoms with van der Waals surface area (Å²) in [7, 11) is 1.72. The molecule has 0 aromatic heterocycles. The summed E-state index contributed by atoms with van der Waals surface area (Å²) in [5, 5.41) is 3.41. The Kier molecular flexibility index (Phi) is 4.18. The van der Waals surface area contributed by atoms with Crippen LogP contribution in [0.3, 0.4) is 0 Å². The van der Waals surface area contributed by atoms with Gasteiger partial charge in [0.15, 0.2) is 0 Å². The molecule has 1 saturated heterocycles. The first-order valence-electron chi connectivity index (χ1n) is 7.81. The van der Waals surface area contributed by atoms with E-state index in [0.29, 0.717) is 0 Å². The van der Waals surface area contributed by atoms with Gasteiger partial charge in [-0.25, -0.2) is 0 Å². The molecule has 1 unspecified atom stereocenters. The second-order valence-corrected chi connectivity index (χ2v) is 6.86. The highest BCUT2D eigenvalue weighted by Crippen LogP contribution is 2.36. The second kappa shape index (κ2) is 5.93. The quantitative estimate of drug-likeness (QED) is 0.865. The van der Waals surface area contributed by atoms with Crippen LogP contribution in [0.2, 0.25) is 0 Å². The summed E-state index contributed by atoms with van der Waals surface area (Å²) in [6.45, 7) is 6.94. The normalized spacial score (nSPS) is 25.5. The Hall–Kier alpha value is -1.13. The highest BCUT2D eigenvalue weighted by Gasteiger charge is 2.34. The number of nitrogens with one attached hydrogen (secondary N) is 1. The van der Waals surface area contributed by atoms with Crippen LogP contribution in [-0.2, 0) is 5.41 Å². The first-order valence-corrected chi connectivity index (χ1v) is 8.22. The fraction of sp³-hybridized carbons (Fsp3) is 0.588. The first kappa shape index (κ1) is 14.8. The average molecular weight is 304 g/mol. The van der Waals surface area contributed by atoms with E-state index in [-0.39, 0.29) is 5.41 Å². The molecule has 0 aliphatic carbocycles. The average Bonchev–Trinajstić information content (AvgIpc) is 3.03. The first-order chi connectivity index (χ1) is 10.1. The topological polar surface area (TPSA) is 24.5 Å².